The fourth-order valence-electron chi connectivity index (χ4n) is 0.614. The smallest absolute Gasteiger partial charge is 0.267 e. The summed E-state index contributed by atoms with van der Waals surface area (Å²) in [4.78, 5) is 14.0. The van der Waals surface area contributed by atoms with E-state index in [1.807, 2.05) is 0 Å². The number of H-pyrrole nitrogens is 1. The quantitative estimate of drug-likeness (QED) is 0.484. The summed E-state index contributed by atoms with van der Waals surface area (Å²) >= 11 is 0. The lowest BCUT2D eigenvalue weighted by Crippen LogP contribution is -2.06. The summed E-state index contributed by atoms with van der Waals surface area (Å²) < 4.78 is 1.39. The van der Waals surface area contributed by atoms with Crippen LogP contribution in [0, 0.1) is 6.07 Å². The van der Waals surface area contributed by atoms with E-state index in [2.05, 4.69) is 26.6 Å². The maximum atomic E-state index is 10.5. The fourth-order valence-corrected chi connectivity index (χ4v) is 0.614. The average Bonchev–Trinajstić information content (AvgIpc) is 2.33. The number of fused-ring (bicyclic) bond motifs is 1. The van der Waals surface area contributed by atoms with Gasteiger partial charge in [0.1, 0.15) is 0 Å². The van der Waals surface area contributed by atoms with Crippen LogP contribution in [-0.4, -0.2) is 25.0 Å². The number of aromatic nitrogens is 5. The van der Waals surface area contributed by atoms with Gasteiger partial charge in [0, 0.05) is 6.20 Å². The molecule has 2 aromatic rings. The van der Waals surface area contributed by atoms with Crippen molar-refractivity contribution in [3.63, 3.8) is 0 Å². The first-order valence-corrected chi connectivity index (χ1v) is 2.54. The van der Waals surface area contributed by atoms with Crippen LogP contribution in [0.15, 0.2) is 11.0 Å². The van der Waals surface area contributed by atoms with Crippen molar-refractivity contribution in [3.05, 3.63) is 22.6 Å². The predicted octanol–water partition coefficient (Wildman–Crippen LogP) is -1.39. The number of hydrogen-bond donors (Lipinski definition) is 1. The van der Waals surface area contributed by atoms with Crippen LogP contribution < -0.4 is 5.56 Å². The maximum absolute atomic E-state index is 10.5. The molecule has 0 unspecified atom stereocenters. The minimum absolute atomic E-state index is 0.253. The molecule has 0 aromatic carbocycles. The number of tetrazole rings is 1. The van der Waals surface area contributed by atoms with E-state index in [9.17, 15) is 4.79 Å². The third-order valence-corrected chi connectivity index (χ3v) is 1.03. The predicted molar refractivity (Wildman–Crippen MR) is 30.2 cm³/mol. The Hall–Kier alpha value is -1.72. The summed E-state index contributed by atoms with van der Waals surface area (Å²) in [5, 5.41) is 9.38. The molecule has 1 radical (unpaired) electrons. The van der Waals surface area contributed by atoms with E-state index in [1.165, 1.54) is 10.7 Å². The molecule has 0 amide bonds. The highest BCUT2D eigenvalue weighted by molar-refractivity contribution is 5.19. The van der Waals surface area contributed by atoms with Crippen LogP contribution in [0.25, 0.3) is 5.78 Å². The van der Waals surface area contributed by atoms with Gasteiger partial charge in [0.15, 0.2) is 0 Å². The zero-order chi connectivity index (χ0) is 6.97. The van der Waals surface area contributed by atoms with Gasteiger partial charge in [-0.15, -0.1) is 0 Å². The van der Waals surface area contributed by atoms with Crippen molar-refractivity contribution in [2.75, 3.05) is 0 Å². The van der Waals surface area contributed by atoms with Gasteiger partial charge in [-0.2, -0.15) is 10.2 Å². The molecule has 0 saturated heterocycles. The summed E-state index contributed by atoms with van der Waals surface area (Å²) in [7, 11) is 0. The normalized spacial score (nSPS) is 10.4. The molecule has 0 aliphatic carbocycles. The van der Waals surface area contributed by atoms with Crippen molar-refractivity contribution in [2.45, 2.75) is 0 Å². The van der Waals surface area contributed by atoms with Gasteiger partial charge in [-0.05, 0) is 5.21 Å². The third-order valence-electron chi connectivity index (χ3n) is 1.03. The van der Waals surface area contributed by atoms with Crippen LogP contribution in [0.1, 0.15) is 0 Å². The second kappa shape index (κ2) is 1.63. The van der Waals surface area contributed by atoms with E-state index in [0.29, 0.717) is 0 Å². The van der Waals surface area contributed by atoms with Gasteiger partial charge in [0.05, 0.1) is 6.07 Å². The van der Waals surface area contributed by atoms with E-state index in [0.717, 1.165) is 0 Å². The third kappa shape index (κ3) is 0.586. The SMILES string of the molecule is O=c1[c]cn2[nH]nnc2n1. The highest BCUT2D eigenvalue weighted by Gasteiger charge is 1.94. The minimum atomic E-state index is -0.436. The van der Waals surface area contributed by atoms with Crippen LogP contribution in [0.5, 0.6) is 0 Å². The molecule has 0 spiro atoms. The Morgan fingerprint density at radius 1 is 1.70 bits per heavy atom. The minimum Gasteiger partial charge on any atom is -0.267 e. The van der Waals surface area contributed by atoms with Crippen molar-refractivity contribution < 1.29 is 0 Å². The van der Waals surface area contributed by atoms with Crippen molar-refractivity contribution >= 4 is 5.78 Å². The summed E-state index contributed by atoms with van der Waals surface area (Å²) in [6.45, 7) is 0. The van der Waals surface area contributed by atoms with E-state index in [-0.39, 0.29) is 5.78 Å². The highest BCUT2D eigenvalue weighted by Crippen LogP contribution is 1.81. The number of aromatic amines is 1. The summed E-state index contributed by atoms with van der Waals surface area (Å²) in [5.74, 6) is 0.253. The van der Waals surface area contributed by atoms with Crippen LogP contribution in [0.3, 0.4) is 0 Å². The van der Waals surface area contributed by atoms with E-state index >= 15 is 0 Å². The Balaban J connectivity index is 2.99. The van der Waals surface area contributed by atoms with Crippen LogP contribution in [0.4, 0.5) is 0 Å². The zero-order valence-electron chi connectivity index (χ0n) is 4.77. The Morgan fingerprint density at radius 2 is 2.60 bits per heavy atom. The van der Waals surface area contributed by atoms with Gasteiger partial charge in [-0.1, -0.05) is 5.10 Å². The fraction of sp³-hybridized carbons (Fsp3) is 0. The lowest BCUT2D eigenvalue weighted by Gasteiger charge is -1.82. The van der Waals surface area contributed by atoms with Gasteiger partial charge in [-0.3, -0.25) is 4.79 Å². The Kier molecular flexibility index (Phi) is 0.830. The second-order valence-electron chi connectivity index (χ2n) is 1.66. The Bertz CT molecular complexity index is 401. The van der Waals surface area contributed by atoms with Gasteiger partial charge < -0.3 is 0 Å². The maximum Gasteiger partial charge on any atom is 0.282 e. The molecule has 2 aromatic heterocycles. The van der Waals surface area contributed by atoms with Crippen LogP contribution >= 0.6 is 0 Å². The number of hydrogen-bond acceptors (Lipinski definition) is 4. The van der Waals surface area contributed by atoms with Crippen molar-refractivity contribution in [3.8, 4) is 0 Å². The van der Waals surface area contributed by atoms with E-state index in [4.69, 9.17) is 0 Å². The van der Waals surface area contributed by atoms with E-state index in [1.54, 1.807) is 0 Å². The number of nitrogens with one attached hydrogen (secondary N) is 1. The van der Waals surface area contributed by atoms with Gasteiger partial charge >= 0.3 is 0 Å². The van der Waals surface area contributed by atoms with Gasteiger partial charge in [0.25, 0.3) is 11.3 Å². The Labute approximate surface area is 54.5 Å². The molecule has 49 valence electrons. The lowest BCUT2D eigenvalue weighted by molar-refractivity contribution is 0.818. The second-order valence-corrected chi connectivity index (χ2v) is 1.66. The molecule has 2 heterocycles. The molecular formula is C4H2N5O. The number of nitrogens with zero attached hydrogens (tertiary/aromatic N) is 4. The largest absolute Gasteiger partial charge is 0.282 e. The van der Waals surface area contributed by atoms with E-state index < -0.39 is 5.56 Å². The monoisotopic (exact) mass is 136 g/mol. The highest BCUT2D eigenvalue weighted by atomic mass is 16.1. The molecule has 0 aliphatic heterocycles. The lowest BCUT2D eigenvalue weighted by atomic mass is 10.7. The molecule has 0 atom stereocenters. The number of rotatable bonds is 0. The molecule has 0 saturated carbocycles. The topological polar surface area (TPSA) is 75.9 Å². The molecule has 0 fully saturated rings. The standard InChI is InChI=1S/C4H2N5O/c10-3-1-2-9-4(5-3)6-7-8-9/h2H,(H,5,6,8,10). The molecule has 10 heavy (non-hydrogen) atoms. The van der Waals surface area contributed by atoms with Crippen molar-refractivity contribution in [1.82, 2.24) is 25.0 Å². The molecule has 1 N–H and O–H groups in total. The summed E-state index contributed by atoms with van der Waals surface area (Å²) in [6.07, 6.45) is 1.39. The first-order valence-electron chi connectivity index (χ1n) is 2.54. The average molecular weight is 136 g/mol. The van der Waals surface area contributed by atoms with Crippen molar-refractivity contribution in [2.24, 2.45) is 0 Å². The van der Waals surface area contributed by atoms with Crippen LogP contribution in [-0.2, 0) is 0 Å². The molecular weight excluding hydrogens is 134 g/mol. The molecule has 2 rings (SSSR count). The van der Waals surface area contributed by atoms with Crippen molar-refractivity contribution in [1.29, 1.82) is 0 Å². The molecule has 6 heteroatoms. The molecule has 0 bridgehead atoms. The Morgan fingerprint density at radius 3 is 3.50 bits per heavy atom. The molecule has 0 aliphatic rings. The van der Waals surface area contributed by atoms with Crippen LogP contribution in [0.2, 0.25) is 0 Å². The zero-order valence-corrected chi connectivity index (χ0v) is 4.77. The summed E-state index contributed by atoms with van der Waals surface area (Å²) in [5.41, 5.74) is -0.436. The molecule has 6 nitrogen and oxygen atoms in total. The first-order chi connectivity index (χ1) is 4.86. The van der Waals surface area contributed by atoms with Gasteiger partial charge in [0.2, 0.25) is 0 Å². The van der Waals surface area contributed by atoms with Gasteiger partial charge in [-0.25, -0.2) is 4.52 Å². The first kappa shape index (κ1) is 5.10. The summed E-state index contributed by atoms with van der Waals surface area (Å²) in [6, 6.07) is 2.35.